The molecule has 6 nitrogen and oxygen atoms in total. The summed E-state index contributed by atoms with van der Waals surface area (Å²) >= 11 is 3.19. The Kier molecular flexibility index (Phi) is 3.65. The Morgan fingerprint density at radius 2 is 1.83 bits per heavy atom. The van der Waals surface area contributed by atoms with Crippen molar-refractivity contribution in [3.8, 4) is 0 Å². The molecule has 2 rings (SSSR count). The normalized spacial score (nSPS) is 25.5. The quantitative estimate of drug-likeness (QED) is 0.646. The Morgan fingerprint density at radius 1 is 1.28 bits per heavy atom. The Labute approximate surface area is 113 Å². The Balaban J connectivity index is 2.34. The Bertz CT molecular complexity index is 553. The first-order valence-corrected chi connectivity index (χ1v) is 7.47. The summed E-state index contributed by atoms with van der Waals surface area (Å²) in [6.45, 7) is -0.223. The van der Waals surface area contributed by atoms with Crippen LogP contribution in [-0.4, -0.2) is 48.2 Å². The van der Waals surface area contributed by atoms with Gasteiger partial charge in [-0.3, -0.25) is 0 Å². The maximum atomic E-state index is 12.2. The number of halogens is 1. The lowest BCUT2D eigenvalue weighted by atomic mass is 10.3. The van der Waals surface area contributed by atoms with Gasteiger partial charge in [-0.25, -0.2) is 8.42 Å². The van der Waals surface area contributed by atoms with Gasteiger partial charge < -0.3 is 15.9 Å². The molecule has 1 aromatic carbocycles. The second-order valence-corrected chi connectivity index (χ2v) is 6.93. The van der Waals surface area contributed by atoms with Crippen LogP contribution in [0.4, 0.5) is 5.69 Å². The lowest BCUT2D eigenvalue weighted by molar-refractivity contribution is 0.0572. The first kappa shape index (κ1) is 13.8. The predicted molar refractivity (Wildman–Crippen MR) is 69.3 cm³/mol. The van der Waals surface area contributed by atoms with Gasteiger partial charge in [-0.2, -0.15) is 4.31 Å². The van der Waals surface area contributed by atoms with Crippen molar-refractivity contribution in [3.63, 3.8) is 0 Å². The molecule has 0 radical (unpaired) electrons. The summed E-state index contributed by atoms with van der Waals surface area (Å²) in [5.74, 6) is 0. The van der Waals surface area contributed by atoms with Crippen LogP contribution in [0.5, 0.6) is 0 Å². The van der Waals surface area contributed by atoms with Crippen molar-refractivity contribution in [2.45, 2.75) is 17.1 Å². The van der Waals surface area contributed by atoms with E-state index in [2.05, 4.69) is 15.9 Å². The van der Waals surface area contributed by atoms with Crippen LogP contribution in [0.1, 0.15) is 0 Å². The SMILES string of the molecule is Nc1cc(S(=O)(=O)N2C[C@@H](O)[C@@H](O)C2)ccc1Br. The molecule has 100 valence electrons. The van der Waals surface area contributed by atoms with E-state index in [4.69, 9.17) is 5.73 Å². The highest BCUT2D eigenvalue weighted by Crippen LogP contribution is 2.26. The van der Waals surface area contributed by atoms with Gasteiger partial charge in [0.1, 0.15) is 0 Å². The minimum Gasteiger partial charge on any atom is -0.398 e. The van der Waals surface area contributed by atoms with Gasteiger partial charge in [0.05, 0.1) is 17.1 Å². The standard InChI is InChI=1S/C10H13BrN2O4S/c11-7-2-1-6(3-8(7)12)18(16,17)13-4-9(14)10(15)5-13/h1-3,9-10,14-15H,4-5,12H2/t9-,10+. The molecule has 0 amide bonds. The molecule has 1 aromatic rings. The third-order valence-electron chi connectivity index (χ3n) is 2.83. The lowest BCUT2D eigenvalue weighted by Crippen LogP contribution is -2.30. The van der Waals surface area contributed by atoms with Crippen molar-refractivity contribution in [2.24, 2.45) is 0 Å². The van der Waals surface area contributed by atoms with Gasteiger partial charge in [0, 0.05) is 23.2 Å². The second-order valence-electron chi connectivity index (χ2n) is 4.14. The zero-order valence-corrected chi connectivity index (χ0v) is 11.7. The fraction of sp³-hybridized carbons (Fsp3) is 0.400. The number of aliphatic hydroxyl groups excluding tert-OH is 2. The molecule has 1 aliphatic heterocycles. The first-order chi connectivity index (χ1) is 8.32. The molecule has 0 unspecified atom stereocenters. The molecule has 0 saturated carbocycles. The summed E-state index contributed by atoms with van der Waals surface area (Å²) in [6, 6.07) is 4.31. The van der Waals surface area contributed by atoms with Gasteiger partial charge in [-0.1, -0.05) is 0 Å². The molecule has 1 aliphatic rings. The zero-order valence-electron chi connectivity index (χ0n) is 9.32. The molecule has 0 aromatic heterocycles. The maximum Gasteiger partial charge on any atom is 0.243 e. The molecule has 1 saturated heterocycles. The molecule has 0 spiro atoms. The zero-order chi connectivity index (χ0) is 13.5. The second kappa shape index (κ2) is 4.78. The number of nitrogens with zero attached hydrogens (tertiary/aromatic N) is 1. The first-order valence-electron chi connectivity index (χ1n) is 5.23. The fourth-order valence-electron chi connectivity index (χ4n) is 1.76. The van der Waals surface area contributed by atoms with Crippen molar-refractivity contribution in [1.29, 1.82) is 0 Å². The molecule has 1 heterocycles. The number of β-amino-alcohol motifs (C(OH)–C–C–N with tert-alkyl or cyclic N) is 2. The van der Waals surface area contributed by atoms with Crippen LogP contribution in [-0.2, 0) is 10.0 Å². The summed E-state index contributed by atoms with van der Waals surface area (Å²) in [6.07, 6.45) is -2.10. The van der Waals surface area contributed by atoms with Gasteiger partial charge in [0.2, 0.25) is 10.0 Å². The fourth-order valence-corrected chi connectivity index (χ4v) is 3.52. The molecule has 1 fully saturated rings. The monoisotopic (exact) mass is 336 g/mol. The number of benzene rings is 1. The van der Waals surface area contributed by atoms with Crippen molar-refractivity contribution in [2.75, 3.05) is 18.8 Å². The third-order valence-corrected chi connectivity index (χ3v) is 5.38. The largest absolute Gasteiger partial charge is 0.398 e. The number of hydrogen-bond acceptors (Lipinski definition) is 5. The van der Waals surface area contributed by atoms with Crippen LogP contribution in [0.2, 0.25) is 0 Å². The molecule has 0 aliphatic carbocycles. The molecule has 8 heteroatoms. The van der Waals surface area contributed by atoms with E-state index in [1.807, 2.05) is 0 Å². The highest BCUT2D eigenvalue weighted by molar-refractivity contribution is 9.10. The van der Waals surface area contributed by atoms with Gasteiger partial charge in [0.25, 0.3) is 0 Å². The summed E-state index contributed by atoms with van der Waals surface area (Å²) in [7, 11) is -3.73. The summed E-state index contributed by atoms with van der Waals surface area (Å²) in [5, 5.41) is 18.8. The van der Waals surface area contributed by atoms with E-state index >= 15 is 0 Å². The van der Waals surface area contributed by atoms with Crippen LogP contribution < -0.4 is 5.73 Å². The number of sulfonamides is 1. The van der Waals surface area contributed by atoms with Crippen molar-refractivity contribution >= 4 is 31.6 Å². The van der Waals surface area contributed by atoms with E-state index in [0.29, 0.717) is 10.2 Å². The average molecular weight is 337 g/mol. The third kappa shape index (κ3) is 2.39. The van der Waals surface area contributed by atoms with E-state index in [0.717, 1.165) is 4.31 Å². The van der Waals surface area contributed by atoms with Gasteiger partial charge in [-0.15, -0.1) is 0 Å². The van der Waals surface area contributed by atoms with Crippen molar-refractivity contribution < 1.29 is 18.6 Å². The summed E-state index contributed by atoms with van der Waals surface area (Å²) in [4.78, 5) is 0.0458. The van der Waals surface area contributed by atoms with E-state index in [-0.39, 0.29) is 18.0 Å². The van der Waals surface area contributed by atoms with E-state index < -0.39 is 22.2 Å². The van der Waals surface area contributed by atoms with E-state index in [1.165, 1.54) is 12.1 Å². The van der Waals surface area contributed by atoms with E-state index in [9.17, 15) is 18.6 Å². The van der Waals surface area contributed by atoms with Crippen molar-refractivity contribution in [1.82, 2.24) is 4.31 Å². The highest BCUT2D eigenvalue weighted by Gasteiger charge is 2.37. The lowest BCUT2D eigenvalue weighted by Gasteiger charge is -2.16. The number of nitrogen functional groups attached to an aromatic ring is 1. The Morgan fingerprint density at radius 3 is 2.33 bits per heavy atom. The minimum absolute atomic E-state index is 0.0458. The molecule has 0 bridgehead atoms. The maximum absolute atomic E-state index is 12.2. The smallest absolute Gasteiger partial charge is 0.243 e. The van der Waals surface area contributed by atoms with Crippen LogP contribution in [0.25, 0.3) is 0 Å². The topological polar surface area (TPSA) is 104 Å². The van der Waals surface area contributed by atoms with Crippen LogP contribution in [0.3, 0.4) is 0 Å². The van der Waals surface area contributed by atoms with Gasteiger partial charge in [-0.05, 0) is 34.1 Å². The average Bonchev–Trinajstić information content (AvgIpc) is 2.64. The summed E-state index contributed by atoms with van der Waals surface area (Å²) < 4.78 is 26.1. The molecule has 18 heavy (non-hydrogen) atoms. The van der Waals surface area contributed by atoms with E-state index in [1.54, 1.807) is 6.07 Å². The molecular formula is C10H13BrN2O4S. The predicted octanol–water partition coefficient (Wildman–Crippen LogP) is -0.243. The minimum atomic E-state index is -3.73. The number of nitrogens with two attached hydrogens (primary N) is 1. The molecular weight excluding hydrogens is 324 g/mol. The number of anilines is 1. The van der Waals surface area contributed by atoms with Gasteiger partial charge in [0.15, 0.2) is 0 Å². The summed E-state index contributed by atoms with van der Waals surface area (Å²) in [5.41, 5.74) is 5.96. The molecule has 4 N–H and O–H groups in total. The highest BCUT2D eigenvalue weighted by atomic mass is 79.9. The number of rotatable bonds is 2. The Hall–Kier alpha value is -0.670. The molecule has 2 atom stereocenters. The van der Waals surface area contributed by atoms with Crippen LogP contribution in [0, 0.1) is 0 Å². The number of hydrogen-bond donors (Lipinski definition) is 3. The van der Waals surface area contributed by atoms with Crippen LogP contribution in [0.15, 0.2) is 27.6 Å². The van der Waals surface area contributed by atoms with Crippen molar-refractivity contribution in [3.05, 3.63) is 22.7 Å². The van der Waals surface area contributed by atoms with Crippen LogP contribution >= 0.6 is 15.9 Å². The number of aliphatic hydroxyl groups is 2. The van der Waals surface area contributed by atoms with Gasteiger partial charge >= 0.3 is 0 Å².